The van der Waals surface area contributed by atoms with Gasteiger partial charge in [0.1, 0.15) is 5.75 Å². The Morgan fingerprint density at radius 1 is 1.24 bits per heavy atom. The molecule has 1 aliphatic heterocycles. The van der Waals surface area contributed by atoms with E-state index in [1.165, 1.54) is 0 Å². The maximum absolute atomic E-state index is 12.5. The number of nitrogens with zero attached hydrogens (tertiary/aromatic N) is 1. The number of ether oxygens (including phenoxy) is 1. The molecule has 25 heavy (non-hydrogen) atoms. The Bertz CT molecular complexity index is 826. The molecule has 5 nitrogen and oxygen atoms in total. The summed E-state index contributed by atoms with van der Waals surface area (Å²) in [6, 6.07) is 12.2. The van der Waals surface area contributed by atoms with Crippen LogP contribution >= 0.6 is 23.2 Å². The highest BCUT2D eigenvalue weighted by Crippen LogP contribution is 2.32. The highest BCUT2D eigenvalue weighted by Gasteiger charge is 2.35. The largest absolute Gasteiger partial charge is 0.497 e. The smallest absolute Gasteiger partial charge is 0.229 e. The zero-order valence-corrected chi connectivity index (χ0v) is 15.0. The van der Waals surface area contributed by atoms with E-state index in [2.05, 4.69) is 5.32 Å². The summed E-state index contributed by atoms with van der Waals surface area (Å²) in [7, 11) is 1.57. The summed E-state index contributed by atoms with van der Waals surface area (Å²) in [4.78, 5) is 26.4. The summed E-state index contributed by atoms with van der Waals surface area (Å²) in [5.41, 5.74) is 1.15. The molecular weight excluding hydrogens is 363 g/mol. The molecule has 130 valence electrons. The predicted molar refractivity (Wildman–Crippen MR) is 98.5 cm³/mol. The van der Waals surface area contributed by atoms with E-state index in [1.54, 1.807) is 48.4 Å². The first kappa shape index (κ1) is 17.6. The molecule has 0 bridgehead atoms. The number of carbonyl (C=O) groups is 2. The highest BCUT2D eigenvalue weighted by atomic mass is 35.5. The minimum atomic E-state index is -0.464. The first-order chi connectivity index (χ1) is 12.0. The Balaban J connectivity index is 1.73. The van der Waals surface area contributed by atoms with Crippen LogP contribution in [0.25, 0.3) is 0 Å². The molecule has 0 aromatic heterocycles. The third kappa shape index (κ3) is 3.72. The van der Waals surface area contributed by atoms with Crippen LogP contribution in [0.3, 0.4) is 0 Å². The van der Waals surface area contributed by atoms with E-state index in [4.69, 9.17) is 27.9 Å². The Morgan fingerprint density at radius 3 is 2.76 bits per heavy atom. The Kier molecular flexibility index (Phi) is 5.16. The molecule has 0 saturated carbocycles. The van der Waals surface area contributed by atoms with E-state index in [9.17, 15) is 9.59 Å². The molecule has 2 aromatic carbocycles. The third-order valence-electron chi connectivity index (χ3n) is 4.07. The Hall–Kier alpha value is -2.24. The van der Waals surface area contributed by atoms with E-state index >= 15 is 0 Å². The van der Waals surface area contributed by atoms with Crippen LogP contribution in [0.4, 0.5) is 11.4 Å². The average molecular weight is 379 g/mol. The lowest BCUT2D eigenvalue weighted by Crippen LogP contribution is -2.28. The number of benzene rings is 2. The van der Waals surface area contributed by atoms with Crippen molar-refractivity contribution in [2.24, 2.45) is 5.92 Å². The quantitative estimate of drug-likeness (QED) is 0.874. The van der Waals surface area contributed by atoms with Gasteiger partial charge in [0.05, 0.1) is 28.8 Å². The Labute approximate surface area is 155 Å². The lowest BCUT2D eigenvalue weighted by molar-refractivity contribution is -0.122. The van der Waals surface area contributed by atoms with E-state index in [1.807, 2.05) is 6.07 Å². The average Bonchev–Trinajstić information content (AvgIpc) is 3.01. The number of halogens is 2. The van der Waals surface area contributed by atoms with Crippen molar-refractivity contribution < 1.29 is 14.3 Å². The number of methoxy groups -OCH3 is 1. The fourth-order valence-corrected chi connectivity index (χ4v) is 3.09. The van der Waals surface area contributed by atoms with Crippen molar-refractivity contribution in [3.63, 3.8) is 0 Å². The second-order valence-electron chi connectivity index (χ2n) is 5.70. The van der Waals surface area contributed by atoms with Gasteiger partial charge in [-0.2, -0.15) is 0 Å². The van der Waals surface area contributed by atoms with Crippen LogP contribution in [0, 0.1) is 5.92 Å². The number of rotatable bonds is 4. The van der Waals surface area contributed by atoms with Crippen LogP contribution in [0.15, 0.2) is 42.5 Å². The minimum absolute atomic E-state index is 0.106. The van der Waals surface area contributed by atoms with Crippen molar-refractivity contribution >= 4 is 46.4 Å². The van der Waals surface area contributed by atoms with Gasteiger partial charge in [-0.3, -0.25) is 9.59 Å². The zero-order valence-electron chi connectivity index (χ0n) is 13.5. The van der Waals surface area contributed by atoms with E-state index < -0.39 is 5.92 Å². The summed E-state index contributed by atoms with van der Waals surface area (Å²) in [6.45, 7) is 0.302. The molecule has 1 fully saturated rings. The molecule has 0 spiro atoms. The van der Waals surface area contributed by atoms with Gasteiger partial charge < -0.3 is 15.0 Å². The highest BCUT2D eigenvalue weighted by molar-refractivity contribution is 6.44. The lowest BCUT2D eigenvalue weighted by atomic mass is 10.1. The standard InChI is InChI=1S/C18H16Cl2N2O3/c1-25-13-5-2-4-12(9-13)22-10-11(8-16(22)23)18(24)21-15-7-3-6-14(19)17(15)20/h2-7,9,11H,8,10H2,1H3,(H,21,24). The van der Waals surface area contributed by atoms with Crippen molar-refractivity contribution in [1.82, 2.24) is 0 Å². The minimum Gasteiger partial charge on any atom is -0.497 e. The number of hydrogen-bond acceptors (Lipinski definition) is 3. The summed E-state index contributed by atoms with van der Waals surface area (Å²) >= 11 is 12.0. The third-order valence-corrected chi connectivity index (χ3v) is 4.89. The van der Waals surface area contributed by atoms with E-state index in [-0.39, 0.29) is 23.3 Å². The van der Waals surface area contributed by atoms with Gasteiger partial charge in [-0.15, -0.1) is 0 Å². The second kappa shape index (κ2) is 7.33. The lowest BCUT2D eigenvalue weighted by Gasteiger charge is -2.17. The van der Waals surface area contributed by atoms with Gasteiger partial charge in [-0.25, -0.2) is 0 Å². The van der Waals surface area contributed by atoms with Crippen molar-refractivity contribution in [3.05, 3.63) is 52.5 Å². The predicted octanol–water partition coefficient (Wildman–Crippen LogP) is 3.99. The number of anilines is 2. The number of carbonyl (C=O) groups excluding carboxylic acids is 2. The monoisotopic (exact) mass is 378 g/mol. The number of nitrogens with one attached hydrogen (secondary N) is 1. The molecule has 0 aliphatic carbocycles. The van der Waals surface area contributed by atoms with Gasteiger partial charge in [0.25, 0.3) is 0 Å². The molecule has 1 atom stereocenters. The molecule has 2 aromatic rings. The molecule has 0 radical (unpaired) electrons. The molecular formula is C18H16Cl2N2O3. The molecule has 1 heterocycles. The van der Waals surface area contributed by atoms with Crippen molar-refractivity contribution in [2.75, 3.05) is 23.9 Å². The molecule has 1 aliphatic rings. The van der Waals surface area contributed by atoms with Crippen LogP contribution in [-0.4, -0.2) is 25.5 Å². The van der Waals surface area contributed by atoms with Gasteiger partial charge in [-0.05, 0) is 24.3 Å². The maximum Gasteiger partial charge on any atom is 0.229 e. The van der Waals surface area contributed by atoms with Gasteiger partial charge in [0, 0.05) is 24.7 Å². The summed E-state index contributed by atoms with van der Waals surface area (Å²) < 4.78 is 5.18. The first-order valence-electron chi connectivity index (χ1n) is 7.69. The summed E-state index contributed by atoms with van der Waals surface area (Å²) in [5, 5.41) is 3.39. The van der Waals surface area contributed by atoms with Gasteiger partial charge in [-0.1, -0.05) is 35.3 Å². The molecule has 1 N–H and O–H groups in total. The van der Waals surface area contributed by atoms with Crippen molar-refractivity contribution in [3.8, 4) is 5.75 Å². The fraction of sp³-hybridized carbons (Fsp3) is 0.222. The van der Waals surface area contributed by atoms with Crippen molar-refractivity contribution in [2.45, 2.75) is 6.42 Å². The molecule has 3 rings (SSSR count). The normalized spacial score (nSPS) is 16.8. The van der Waals surface area contributed by atoms with Gasteiger partial charge in [0.2, 0.25) is 11.8 Å². The van der Waals surface area contributed by atoms with Gasteiger partial charge >= 0.3 is 0 Å². The maximum atomic E-state index is 12.5. The summed E-state index contributed by atoms with van der Waals surface area (Å²) in [6.07, 6.45) is 0.140. The summed E-state index contributed by atoms with van der Waals surface area (Å²) in [5.74, 6) is -0.175. The molecule has 1 saturated heterocycles. The van der Waals surface area contributed by atoms with Crippen LogP contribution in [0.2, 0.25) is 10.0 Å². The molecule has 7 heteroatoms. The number of amides is 2. The fourth-order valence-electron chi connectivity index (χ4n) is 2.75. The van der Waals surface area contributed by atoms with Crippen LogP contribution < -0.4 is 15.0 Å². The van der Waals surface area contributed by atoms with E-state index in [0.29, 0.717) is 28.7 Å². The van der Waals surface area contributed by atoms with Crippen LogP contribution in [0.1, 0.15) is 6.42 Å². The topological polar surface area (TPSA) is 58.6 Å². The SMILES string of the molecule is COc1cccc(N2CC(C(=O)Nc3cccc(Cl)c3Cl)CC2=O)c1. The van der Waals surface area contributed by atoms with E-state index in [0.717, 1.165) is 0 Å². The molecule has 1 unspecified atom stereocenters. The Morgan fingerprint density at radius 2 is 2.00 bits per heavy atom. The second-order valence-corrected chi connectivity index (χ2v) is 6.48. The number of hydrogen-bond donors (Lipinski definition) is 1. The van der Waals surface area contributed by atoms with Crippen molar-refractivity contribution in [1.29, 1.82) is 0 Å². The first-order valence-corrected chi connectivity index (χ1v) is 8.44. The molecule has 2 amide bonds. The van der Waals surface area contributed by atoms with Gasteiger partial charge in [0.15, 0.2) is 0 Å². The van der Waals surface area contributed by atoms with Crippen LogP contribution in [-0.2, 0) is 9.59 Å². The zero-order chi connectivity index (χ0) is 18.0. The van der Waals surface area contributed by atoms with Crippen LogP contribution in [0.5, 0.6) is 5.75 Å².